The summed E-state index contributed by atoms with van der Waals surface area (Å²) in [7, 11) is 0. The van der Waals surface area contributed by atoms with E-state index in [1.807, 2.05) is 39.0 Å². The van der Waals surface area contributed by atoms with Crippen molar-refractivity contribution in [2.75, 3.05) is 11.4 Å². The summed E-state index contributed by atoms with van der Waals surface area (Å²) in [5.41, 5.74) is 13.3. The van der Waals surface area contributed by atoms with Crippen LogP contribution in [0.2, 0.25) is 0 Å². The highest BCUT2D eigenvalue weighted by Crippen LogP contribution is 2.41. The highest BCUT2D eigenvalue weighted by atomic mass is 15.1. The summed E-state index contributed by atoms with van der Waals surface area (Å²) in [6.07, 6.45) is 15.5. The Bertz CT molecular complexity index is 2400. The van der Waals surface area contributed by atoms with Gasteiger partial charge >= 0.3 is 0 Å². The van der Waals surface area contributed by atoms with Crippen LogP contribution in [-0.4, -0.2) is 20.5 Å². The number of fused-ring (bicyclic) bond motifs is 2. The fraction of sp³-hybridized carbons (Fsp3) is 0.163. The third-order valence-electron chi connectivity index (χ3n) is 9.71. The summed E-state index contributed by atoms with van der Waals surface area (Å²) in [5, 5.41) is 1.26. The van der Waals surface area contributed by atoms with Gasteiger partial charge in [0.1, 0.15) is 5.65 Å². The summed E-state index contributed by atoms with van der Waals surface area (Å²) < 4.78 is 4.64. The van der Waals surface area contributed by atoms with Crippen LogP contribution in [0.4, 0.5) is 11.4 Å². The second kappa shape index (κ2) is 16.9. The van der Waals surface area contributed by atoms with Crippen molar-refractivity contribution in [3.63, 3.8) is 0 Å². The van der Waals surface area contributed by atoms with Gasteiger partial charge in [-0.1, -0.05) is 130 Å². The van der Waals surface area contributed by atoms with Crippen molar-refractivity contribution >= 4 is 27.9 Å². The number of anilines is 2. The first-order valence-electron chi connectivity index (χ1n) is 18.7. The molecule has 1 unspecified atom stereocenters. The molecule has 0 N–H and O–H groups in total. The van der Waals surface area contributed by atoms with E-state index in [2.05, 4.69) is 181 Å². The number of aromatic nitrogens is 3. The van der Waals surface area contributed by atoms with Gasteiger partial charge in [-0.3, -0.25) is 4.40 Å². The zero-order valence-electron chi connectivity index (χ0n) is 31.7. The first-order valence-corrected chi connectivity index (χ1v) is 18.7. The minimum Gasteiger partial charge on any atom is -0.337 e. The molecule has 1 atom stereocenters. The molecule has 53 heavy (non-hydrogen) atoms. The average molecular weight is 695 g/mol. The Morgan fingerprint density at radius 2 is 1.55 bits per heavy atom. The van der Waals surface area contributed by atoms with Gasteiger partial charge in [-0.05, 0) is 73.9 Å². The van der Waals surface area contributed by atoms with E-state index < -0.39 is 0 Å². The van der Waals surface area contributed by atoms with E-state index in [0.29, 0.717) is 6.54 Å². The minimum absolute atomic E-state index is 0.174. The van der Waals surface area contributed by atoms with E-state index in [-0.39, 0.29) is 5.92 Å². The molecular formula is C49H50N4. The Morgan fingerprint density at radius 1 is 0.811 bits per heavy atom. The molecule has 0 saturated heterocycles. The highest BCUT2D eigenvalue weighted by Gasteiger charge is 2.22. The molecule has 0 radical (unpaired) electrons. The molecule has 7 aromatic rings. The van der Waals surface area contributed by atoms with Crippen LogP contribution in [-0.2, 0) is 6.42 Å². The summed E-state index contributed by atoms with van der Waals surface area (Å²) in [5.74, 6) is 0.174. The van der Waals surface area contributed by atoms with Gasteiger partial charge in [0.2, 0.25) is 0 Å². The Hall–Kier alpha value is -6.13. The van der Waals surface area contributed by atoms with E-state index in [0.717, 1.165) is 51.6 Å². The molecule has 3 aromatic heterocycles. The molecule has 0 aliphatic heterocycles. The maximum Gasteiger partial charge on any atom is 0.137 e. The number of rotatable bonds is 12. The third-order valence-corrected chi connectivity index (χ3v) is 9.71. The van der Waals surface area contributed by atoms with Crippen LogP contribution in [0.15, 0.2) is 171 Å². The molecule has 0 fully saturated rings. The number of hydrogen-bond donors (Lipinski definition) is 0. The van der Waals surface area contributed by atoms with Crippen LogP contribution >= 0.6 is 0 Å². The largest absolute Gasteiger partial charge is 0.337 e. The maximum atomic E-state index is 5.20. The van der Waals surface area contributed by atoms with Gasteiger partial charge < -0.3 is 9.47 Å². The Labute approximate surface area is 315 Å². The smallest absolute Gasteiger partial charge is 0.137 e. The van der Waals surface area contributed by atoms with Crippen LogP contribution < -0.4 is 4.90 Å². The normalized spacial score (nSPS) is 11.9. The molecule has 0 amide bonds. The monoisotopic (exact) mass is 694 g/mol. The molecule has 0 saturated carbocycles. The standard InChI is InChI=1S/C47H44N4.C2H6/c1-6-9-10-14-24-41-35(5)51(44-27-18-16-25-42(41)44)39-32-37(47-46(36-21-12-11-13-22-36)48-45-28-19-20-30-50(45)47)31-38(33-39)49(29-7-2)43-26-17-15-23-40(43)34(4)8-3;1-2/h6-23,25-28,30-34H,2-3,24,29H2,1,4-5H3;1-2H3/b9-6-,14-10?;. The minimum atomic E-state index is 0.174. The third kappa shape index (κ3) is 7.31. The van der Waals surface area contributed by atoms with E-state index in [9.17, 15) is 0 Å². The highest BCUT2D eigenvalue weighted by molar-refractivity contribution is 5.90. The lowest BCUT2D eigenvalue weighted by molar-refractivity contribution is 0.949. The zero-order valence-corrected chi connectivity index (χ0v) is 31.7. The number of para-hydroxylation sites is 2. The van der Waals surface area contributed by atoms with Crippen molar-refractivity contribution < 1.29 is 0 Å². The molecule has 0 bridgehead atoms. The molecule has 0 aliphatic rings. The molecule has 0 aliphatic carbocycles. The van der Waals surface area contributed by atoms with E-state index in [1.165, 1.54) is 27.7 Å². The molecule has 7 rings (SSSR count). The van der Waals surface area contributed by atoms with Crippen molar-refractivity contribution in [1.82, 2.24) is 14.0 Å². The van der Waals surface area contributed by atoms with Crippen LogP contribution in [0, 0.1) is 6.92 Å². The van der Waals surface area contributed by atoms with Gasteiger partial charge in [-0.25, -0.2) is 4.98 Å². The average Bonchev–Trinajstić information content (AvgIpc) is 3.74. The molecule has 4 aromatic carbocycles. The van der Waals surface area contributed by atoms with E-state index in [4.69, 9.17) is 4.98 Å². The fourth-order valence-corrected chi connectivity index (χ4v) is 7.20. The van der Waals surface area contributed by atoms with Crippen LogP contribution in [0.1, 0.15) is 50.4 Å². The van der Waals surface area contributed by atoms with Gasteiger partial charge in [0, 0.05) is 57.9 Å². The number of allylic oxidation sites excluding steroid dienone is 5. The van der Waals surface area contributed by atoms with Crippen LogP contribution in [0.5, 0.6) is 0 Å². The van der Waals surface area contributed by atoms with Gasteiger partial charge in [-0.15, -0.1) is 13.2 Å². The Balaban J connectivity index is 0.00000236. The first kappa shape index (κ1) is 36.7. The lowest BCUT2D eigenvalue weighted by atomic mass is 9.97. The van der Waals surface area contributed by atoms with Gasteiger partial charge in [0.15, 0.2) is 0 Å². The fourth-order valence-electron chi connectivity index (χ4n) is 7.20. The number of benzene rings is 4. The van der Waals surface area contributed by atoms with Crippen molar-refractivity contribution in [2.45, 2.75) is 47.0 Å². The zero-order chi connectivity index (χ0) is 37.3. The van der Waals surface area contributed by atoms with Crippen LogP contribution in [0.25, 0.3) is 44.8 Å². The first-order chi connectivity index (χ1) is 26.0. The number of nitrogens with zero attached hydrogens (tertiary/aromatic N) is 4. The summed E-state index contributed by atoms with van der Waals surface area (Å²) in [4.78, 5) is 7.58. The second-order valence-corrected chi connectivity index (χ2v) is 12.9. The lowest BCUT2D eigenvalue weighted by Gasteiger charge is -2.29. The summed E-state index contributed by atoms with van der Waals surface area (Å²) in [6, 6.07) is 41.1. The van der Waals surface area contributed by atoms with Gasteiger partial charge in [0.05, 0.1) is 16.9 Å². The summed E-state index contributed by atoms with van der Waals surface area (Å²) >= 11 is 0. The predicted octanol–water partition coefficient (Wildman–Crippen LogP) is 13.2. The summed E-state index contributed by atoms with van der Waals surface area (Å²) in [6.45, 7) is 19.5. The number of pyridine rings is 1. The van der Waals surface area contributed by atoms with Crippen molar-refractivity contribution in [3.05, 3.63) is 188 Å². The number of hydrogen-bond acceptors (Lipinski definition) is 2. The molecule has 0 spiro atoms. The van der Waals surface area contributed by atoms with Gasteiger partial charge in [0.25, 0.3) is 0 Å². The quantitative estimate of drug-likeness (QED) is 0.0940. The molecule has 4 heteroatoms. The predicted molar refractivity (Wildman–Crippen MR) is 229 cm³/mol. The van der Waals surface area contributed by atoms with E-state index >= 15 is 0 Å². The van der Waals surface area contributed by atoms with Crippen molar-refractivity contribution in [1.29, 1.82) is 0 Å². The number of imidazole rings is 1. The Morgan fingerprint density at radius 3 is 2.32 bits per heavy atom. The molecule has 3 heterocycles. The molecular weight excluding hydrogens is 645 g/mol. The molecule has 4 nitrogen and oxygen atoms in total. The maximum absolute atomic E-state index is 5.20. The van der Waals surface area contributed by atoms with Crippen LogP contribution in [0.3, 0.4) is 0 Å². The second-order valence-electron chi connectivity index (χ2n) is 12.9. The van der Waals surface area contributed by atoms with Crippen molar-refractivity contribution in [2.24, 2.45) is 0 Å². The van der Waals surface area contributed by atoms with E-state index in [1.54, 1.807) is 0 Å². The van der Waals surface area contributed by atoms with Gasteiger partial charge in [-0.2, -0.15) is 0 Å². The van der Waals surface area contributed by atoms with Crippen molar-refractivity contribution in [3.8, 4) is 28.2 Å². The molecule has 266 valence electrons. The Kier molecular flexibility index (Phi) is 11.7. The SMILES string of the molecule is C=CCN(c1cc(-c2c(-c3ccccc3)nc3ccccn23)cc(-n2c(C)c(CC=C/C=C\C)c3ccccc32)c1)c1ccccc1C(C)C=C.CC. The lowest BCUT2D eigenvalue weighted by Crippen LogP contribution is -2.19. The topological polar surface area (TPSA) is 25.5 Å².